The minimum atomic E-state index is 0.552. The molecule has 112 valence electrons. The molecule has 0 bridgehead atoms. The second-order valence-corrected chi connectivity index (χ2v) is 6.31. The van der Waals surface area contributed by atoms with Crippen LogP contribution in [-0.2, 0) is 6.42 Å². The number of rotatable bonds is 5. The third-order valence-corrected chi connectivity index (χ3v) is 4.55. The Hall–Kier alpha value is -0.900. The van der Waals surface area contributed by atoms with Gasteiger partial charge in [0.1, 0.15) is 0 Å². The number of piperazine rings is 1. The third-order valence-electron chi connectivity index (χ3n) is 4.55. The van der Waals surface area contributed by atoms with Crippen LogP contribution >= 0.6 is 0 Å². The lowest BCUT2D eigenvalue weighted by Crippen LogP contribution is -2.52. The average Bonchev–Trinajstić information content (AvgIpc) is 2.44. The second-order valence-electron chi connectivity index (χ2n) is 6.31. The molecule has 0 saturated carbocycles. The first-order chi connectivity index (χ1) is 9.58. The highest BCUT2D eigenvalue weighted by Crippen LogP contribution is 2.15. The third kappa shape index (κ3) is 4.30. The largest absolute Gasteiger partial charge is 0.317 e. The molecule has 1 aromatic rings. The molecule has 0 spiro atoms. The SMILES string of the molecule is CNC(Cc1ccc(C)cc1)CC1CN(C)CCN1C. The Morgan fingerprint density at radius 3 is 2.55 bits per heavy atom. The van der Waals surface area contributed by atoms with Gasteiger partial charge in [-0.3, -0.25) is 0 Å². The van der Waals surface area contributed by atoms with E-state index < -0.39 is 0 Å². The Labute approximate surface area is 124 Å². The van der Waals surface area contributed by atoms with Crippen molar-refractivity contribution in [2.45, 2.75) is 31.8 Å². The van der Waals surface area contributed by atoms with Crippen molar-refractivity contribution in [3.8, 4) is 0 Å². The van der Waals surface area contributed by atoms with Gasteiger partial charge in [0, 0.05) is 31.7 Å². The van der Waals surface area contributed by atoms with Crippen LogP contribution in [0.15, 0.2) is 24.3 Å². The van der Waals surface area contributed by atoms with Crippen molar-refractivity contribution in [1.82, 2.24) is 15.1 Å². The quantitative estimate of drug-likeness (QED) is 0.883. The highest BCUT2D eigenvalue weighted by molar-refractivity contribution is 5.22. The van der Waals surface area contributed by atoms with Gasteiger partial charge in [0.25, 0.3) is 0 Å². The molecule has 1 heterocycles. The maximum absolute atomic E-state index is 3.50. The van der Waals surface area contributed by atoms with E-state index in [0.717, 1.165) is 6.42 Å². The van der Waals surface area contributed by atoms with Gasteiger partial charge < -0.3 is 15.1 Å². The molecule has 1 fully saturated rings. The van der Waals surface area contributed by atoms with E-state index in [9.17, 15) is 0 Å². The number of benzene rings is 1. The van der Waals surface area contributed by atoms with E-state index in [0.29, 0.717) is 12.1 Å². The smallest absolute Gasteiger partial charge is 0.0235 e. The molecule has 1 aliphatic rings. The van der Waals surface area contributed by atoms with Gasteiger partial charge in [0.15, 0.2) is 0 Å². The van der Waals surface area contributed by atoms with E-state index in [1.165, 1.54) is 37.2 Å². The molecular weight excluding hydrogens is 246 g/mol. The number of aryl methyl sites for hydroxylation is 1. The minimum Gasteiger partial charge on any atom is -0.317 e. The fourth-order valence-electron chi connectivity index (χ4n) is 3.00. The summed E-state index contributed by atoms with van der Waals surface area (Å²) < 4.78 is 0. The summed E-state index contributed by atoms with van der Waals surface area (Å²) in [5.74, 6) is 0. The predicted molar refractivity (Wildman–Crippen MR) is 86.3 cm³/mol. The van der Waals surface area contributed by atoms with E-state index in [2.05, 4.69) is 67.4 Å². The lowest BCUT2D eigenvalue weighted by atomic mass is 9.97. The summed E-state index contributed by atoms with van der Waals surface area (Å²) in [5, 5.41) is 3.50. The van der Waals surface area contributed by atoms with Crippen molar-refractivity contribution in [2.24, 2.45) is 0 Å². The molecule has 1 aliphatic heterocycles. The molecule has 1 N–H and O–H groups in total. The maximum Gasteiger partial charge on any atom is 0.0235 e. The van der Waals surface area contributed by atoms with E-state index in [1.54, 1.807) is 0 Å². The molecule has 20 heavy (non-hydrogen) atoms. The van der Waals surface area contributed by atoms with Gasteiger partial charge in [-0.05, 0) is 46.5 Å². The van der Waals surface area contributed by atoms with Crippen molar-refractivity contribution >= 4 is 0 Å². The Morgan fingerprint density at radius 1 is 1.20 bits per heavy atom. The van der Waals surface area contributed by atoms with Crippen molar-refractivity contribution in [2.75, 3.05) is 40.8 Å². The molecular formula is C17H29N3. The molecule has 2 rings (SSSR count). The Balaban J connectivity index is 1.92. The molecule has 0 amide bonds. The molecule has 2 atom stereocenters. The zero-order valence-corrected chi connectivity index (χ0v) is 13.4. The van der Waals surface area contributed by atoms with E-state index in [4.69, 9.17) is 0 Å². The first-order valence-electron chi connectivity index (χ1n) is 7.70. The lowest BCUT2D eigenvalue weighted by molar-refractivity contribution is 0.102. The molecule has 1 saturated heterocycles. The average molecular weight is 275 g/mol. The van der Waals surface area contributed by atoms with Gasteiger partial charge in [-0.15, -0.1) is 0 Å². The van der Waals surface area contributed by atoms with E-state index >= 15 is 0 Å². The molecule has 0 radical (unpaired) electrons. The fourth-order valence-corrected chi connectivity index (χ4v) is 3.00. The summed E-state index contributed by atoms with van der Waals surface area (Å²) in [7, 11) is 6.58. The number of nitrogens with one attached hydrogen (secondary N) is 1. The lowest BCUT2D eigenvalue weighted by Gasteiger charge is -2.39. The van der Waals surface area contributed by atoms with Crippen LogP contribution < -0.4 is 5.32 Å². The Kier molecular flexibility index (Phi) is 5.58. The van der Waals surface area contributed by atoms with Crippen molar-refractivity contribution in [3.05, 3.63) is 35.4 Å². The zero-order valence-electron chi connectivity index (χ0n) is 13.4. The number of hydrogen-bond acceptors (Lipinski definition) is 3. The van der Waals surface area contributed by atoms with Crippen LogP contribution in [0.2, 0.25) is 0 Å². The second kappa shape index (κ2) is 7.21. The first-order valence-corrected chi connectivity index (χ1v) is 7.70. The number of likely N-dealkylation sites (N-methyl/N-ethyl adjacent to an activating group) is 3. The molecule has 0 aliphatic carbocycles. The van der Waals surface area contributed by atoms with Crippen LogP contribution in [0.4, 0.5) is 0 Å². The van der Waals surface area contributed by atoms with Crippen LogP contribution in [0.25, 0.3) is 0 Å². The topological polar surface area (TPSA) is 18.5 Å². The number of nitrogens with zero attached hydrogens (tertiary/aromatic N) is 2. The zero-order chi connectivity index (χ0) is 14.5. The summed E-state index contributed by atoms with van der Waals surface area (Å²) in [6, 6.07) is 10.2. The van der Waals surface area contributed by atoms with Crippen molar-refractivity contribution < 1.29 is 0 Å². The highest BCUT2D eigenvalue weighted by Gasteiger charge is 2.24. The highest BCUT2D eigenvalue weighted by atomic mass is 15.3. The standard InChI is InChI=1S/C17H29N3/c1-14-5-7-15(8-6-14)11-16(18-2)12-17-13-19(3)9-10-20(17)4/h5-8,16-18H,9-13H2,1-4H3. The van der Waals surface area contributed by atoms with Crippen molar-refractivity contribution in [1.29, 1.82) is 0 Å². The fraction of sp³-hybridized carbons (Fsp3) is 0.647. The van der Waals surface area contributed by atoms with E-state index in [-0.39, 0.29) is 0 Å². The van der Waals surface area contributed by atoms with Crippen LogP contribution in [-0.4, -0.2) is 62.7 Å². The first kappa shape index (κ1) is 15.5. The summed E-state index contributed by atoms with van der Waals surface area (Å²) in [4.78, 5) is 4.96. The maximum atomic E-state index is 3.50. The van der Waals surface area contributed by atoms with Gasteiger partial charge in [0.05, 0.1) is 0 Å². The normalized spacial score (nSPS) is 22.9. The van der Waals surface area contributed by atoms with Gasteiger partial charge >= 0.3 is 0 Å². The monoisotopic (exact) mass is 275 g/mol. The van der Waals surface area contributed by atoms with Gasteiger partial charge in [0.2, 0.25) is 0 Å². The summed E-state index contributed by atoms with van der Waals surface area (Å²) >= 11 is 0. The number of hydrogen-bond donors (Lipinski definition) is 1. The van der Waals surface area contributed by atoms with Gasteiger partial charge in [-0.1, -0.05) is 29.8 Å². The summed E-state index contributed by atoms with van der Waals surface area (Å²) in [6.45, 7) is 5.70. The van der Waals surface area contributed by atoms with Crippen LogP contribution in [0.3, 0.4) is 0 Å². The van der Waals surface area contributed by atoms with E-state index in [1.807, 2.05) is 0 Å². The molecule has 1 aromatic carbocycles. The van der Waals surface area contributed by atoms with Crippen LogP contribution in [0.5, 0.6) is 0 Å². The molecule has 3 nitrogen and oxygen atoms in total. The minimum absolute atomic E-state index is 0.552. The Morgan fingerprint density at radius 2 is 1.90 bits per heavy atom. The summed E-state index contributed by atoms with van der Waals surface area (Å²) in [5.41, 5.74) is 2.77. The predicted octanol–water partition coefficient (Wildman–Crippen LogP) is 1.76. The van der Waals surface area contributed by atoms with Crippen LogP contribution in [0.1, 0.15) is 17.5 Å². The molecule has 2 unspecified atom stereocenters. The summed E-state index contributed by atoms with van der Waals surface area (Å²) in [6.07, 6.45) is 2.33. The van der Waals surface area contributed by atoms with Gasteiger partial charge in [-0.25, -0.2) is 0 Å². The van der Waals surface area contributed by atoms with Crippen LogP contribution in [0, 0.1) is 6.92 Å². The van der Waals surface area contributed by atoms with Crippen molar-refractivity contribution in [3.63, 3.8) is 0 Å². The molecule has 0 aromatic heterocycles. The Bertz CT molecular complexity index is 401. The van der Waals surface area contributed by atoms with Gasteiger partial charge in [-0.2, -0.15) is 0 Å². The molecule has 3 heteroatoms.